The molecule has 0 spiro atoms. The van der Waals surface area contributed by atoms with E-state index >= 15 is 0 Å². The summed E-state index contributed by atoms with van der Waals surface area (Å²) in [6, 6.07) is 0. The van der Waals surface area contributed by atoms with Gasteiger partial charge in [0.1, 0.15) is 6.10 Å². The molecule has 0 aromatic heterocycles. The van der Waals surface area contributed by atoms with Crippen molar-refractivity contribution in [2.24, 2.45) is 0 Å². The van der Waals surface area contributed by atoms with Crippen molar-refractivity contribution in [3.63, 3.8) is 0 Å². The third kappa shape index (κ3) is 4.45. The van der Waals surface area contributed by atoms with Crippen LogP contribution in [-0.4, -0.2) is 12.1 Å². The summed E-state index contributed by atoms with van der Waals surface area (Å²) >= 11 is 0. The highest BCUT2D eigenvalue weighted by atomic mass is 16.5. The lowest BCUT2D eigenvalue weighted by atomic mass is 10.0. The summed E-state index contributed by atoms with van der Waals surface area (Å²) in [5.74, 6) is -0.0150. The minimum atomic E-state index is -0.0150. The molecule has 14 heavy (non-hydrogen) atoms. The van der Waals surface area contributed by atoms with E-state index in [9.17, 15) is 4.79 Å². The van der Waals surface area contributed by atoms with Crippen LogP contribution in [0.5, 0.6) is 0 Å². The monoisotopic (exact) mass is 196 g/mol. The Bertz CT molecular complexity index is 196. The maximum Gasteiger partial charge on any atom is 0.306 e. The highest BCUT2D eigenvalue weighted by Gasteiger charge is 2.14. The molecule has 0 amide bonds. The Kier molecular flexibility index (Phi) is 5.35. The maximum absolute atomic E-state index is 11.3. The number of rotatable bonds is 5. The Hall–Kier alpha value is -0.790. The van der Waals surface area contributed by atoms with Gasteiger partial charge in [0.2, 0.25) is 0 Å². The van der Waals surface area contributed by atoms with Gasteiger partial charge in [-0.15, -0.1) is 0 Å². The first-order valence-corrected chi connectivity index (χ1v) is 5.67. The molecule has 0 heterocycles. The first-order chi connectivity index (χ1) is 6.83. The van der Waals surface area contributed by atoms with Gasteiger partial charge in [0.25, 0.3) is 0 Å². The van der Waals surface area contributed by atoms with Crippen molar-refractivity contribution in [3.8, 4) is 0 Å². The lowest BCUT2D eigenvalue weighted by Crippen LogP contribution is -2.18. The first kappa shape index (κ1) is 11.3. The topological polar surface area (TPSA) is 26.3 Å². The Labute approximate surface area is 86.3 Å². The second kappa shape index (κ2) is 6.63. The average Bonchev–Trinajstić information content (AvgIpc) is 2.20. The second-order valence-electron chi connectivity index (χ2n) is 3.85. The Morgan fingerprint density at radius 3 is 2.93 bits per heavy atom. The molecule has 0 saturated carbocycles. The number of hydrogen-bond acceptors (Lipinski definition) is 2. The minimum absolute atomic E-state index is 0.0150. The Morgan fingerprint density at radius 1 is 1.43 bits per heavy atom. The number of carbonyl (C=O) groups excluding carboxylic acids is 1. The molecule has 1 aliphatic carbocycles. The molecule has 0 aliphatic heterocycles. The van der Waals surface area contributed by atoms with E-state index in [1.807, 2.05) is 0 Å². The van der Waals surface area contributed by atoms with Crippen molar-refractivity contribution in [2.45, 2.75) is 58.0 Å². The van der Waals surface area contributed by atoms with Gasteiger partial charge in [-0.05, 0) is 19.3 Å². The molecule has 2 nitrogen and oxygen atoms in total. The van der Waals surface area contributed by atoms with Gasteiger partial charge in [-0.2, -0.15) is 0 Å². The van der Waals surface area contributed by atoms with E-state index in [-0.39, 0.29) is 12.1 Å². The van der Waals surface area contributed by atoms with Crippen molar-refractivity contribution in [3.05, 3.63) is 12.2 Å². The molecule has 80 valence electrons. The molecule has 1 aliphatic rings. The van der Waals surface area contributed by atoms with Crippen LogP contribution in [0, 0.1) is 0 Å². The van der Waals surface area contributed by atoms with Crippen LogP contribution < -0.4 is 0 Å². The number of unbranched alkanes of at least 4 members (excludes halogenated alkanes) is 2. The molecular formula is C12H20O2. The molecule has 1 unspecified atom stereocenters. The number of ether oxygens (including phenoxy) is 1. The average molecular weight is 196 g/mol. The zero-order valence-corrected chi connectivity index (χ0v) is 9.00. The number of allylic oxidation sites excluding steroid dienone is 1. The van der Waals surface area contributed by atoms with Crippen LogP contribution in [0.25, 0.3) is 0 Å². The van der Waals surface area contributed by atoms with Gasteiger partial charge in [0, 0.05) is 12.8 Å². The highest BCUT2D eigenvalue weighted by Crippen LogP contribution is 2.15. The van der Waals surface area contributed by atoms with E-state index in [0.29, 0.717) is 6.42 Å². The standard InChI is InChI=1S/C12H20O2/c1-2-3-5-10-12(13)14-11-8-6-4-7-9-11/h4,6,11H,2-3,5,7-10H2,1H3. The largest absolute Gasteiger partial charge is 0.462 e. The number of hydrogen-bond donors (Lipinski definition) is 0. The molecule has 0 fully saturated rings. The first-order valence-electron chi connectivity index (χ1n) is 5.67. The predicted octanol–water partition coefficient (Wildman–Crippen LogP) is 3.22. The summed E-state index contributed by atoms with van der Waals surface area (Å²) in [4.78, 5) is 11.3. The van der Waals surface area contributed by atoms with Crippen molar-refractivity contribution in [2.75, 3.05) is 0 Å². The van der Waals surface area contributed by atoms with Crippen molar-refractivity contribution < 1.29 is 9.53 Å². The summed E-state index contributed by atoms with van der Waals surface area (Å²) in [6.45, 7) is 2.14. The fraction of sp³-hybridized carbons (Fsp3) is 0.750. The summed E-state index contributed by atoms with van der Waals surface area (Å²) in [5.41, 5.74) is 0. The van der Waals surface area contributed by atoms with Crippen LogP contribution in [0.15, 0.2) is 12.2 Å². The highest BCUT2D eigenvalue weighted by molar-refractivity contribution is 5.69. The molecule has 0 aromatic carbocycles. The van der Waals surface area contributed by atoms with Crippen molar-refractivity contribution in [1.82, 2.24) is 0 Å². The van der Waals surface area contributed by atoms with Gasteiger partial charge in [-0.25, -0.2) is 0 Å². The molecule has 0 aromatic rings. The summed E-state index contributed by atoms with van der Waals surface area (Å²) in [5, 5.41) is 0. The summed E-state index contributed by atoms with van der Waals surface area (Å²) < 4.78 is 5.35. The van der Waals surface area contributed by atoms with Gasteiger partial charge < -0.3 is 4.74 Å². The van der Waals surface area contributed by atoms with Gasteiger partial charge in [-0.1, -0.05) is 31.9 Å². The van der Waals surface area contributed by atoms with E-state index in [0.717, 1.165) is 38.5 Å². The van der Waals surface area contributed by atoms with Gasteiger partial charge in [-0.3, -0.25) is 4.79 Å². The third-order valence-corrected chi connectivity index (χ3v) is 2.50. The van der Waals surface area contributed by atoms with E-state index < -0.39 is 0 Å². The fourth-order valence-electron chi connectivity index (χ4n) is 1.64. The number of esters is 1. The molecule has 1 atom stereocenters. The van der Waals surface area contributed by atoms with Crippen molar-refractivity contribution >= 4 is 5.97 Å². The summed E-state index contributed by atoms with van der Waals surface area (Å²) in [6.07, 6.45) is 11.2. The molecule has 0 radical (unpaired) electrons. The molecule has 0 saturated heterocycles. The van der Waals surface area contributed by atoms with E-state index in [4.69, 9.17) is 4.74 Å². The molecule has 0 bridgehead atoms. The van der Waals surface area contributed by atoms with Gasteiger partial charge in [0.15, 0.2) is 0 Å². The quantitative estimate of drug-likeness (QED) is 0.383. The van der Waals surface area contributed by atoms with E-state index in [2.05, 4.69) is 19.1 Å². The lowest BCUT2D eigenvalue weighted by Gasteiger charge is -2.18. The predicted molar refractivity (Wildman–Crippen MR) is 57.0 cm³/mol. The summed E-state index contributed by atoms with van der Waals surface area (Å²) in [7, 11) is 0. The van der Waals surface area contributed by atoms with Crippen molar-refractivity contribution in [1.29, 1.82) is 0 Å². The maximum atomic E-state index is 11.3. The molecule has 0 N–H and O–H groups in total. The minimum Gasteiger partial charge on any atom is -0.462 e. The molecule has 2 heteroatoms. The normalized spacial score (nSPS) is 20.8. The van der Waals surface area contributed by atoms with Gasteiger partial charge in [0.05, 0.1) is 0 Å². The smallest absolute Gasteiger partial charge is 0.306 e. The van der Waals surface area contributed by atoms with Crippen LogP contribution in [0.2, 0.25) is 0 Å². The Balaban J connectivity index is 2.10. The van der Waals surface area contributed by atoms with Crippen LogP contribution >= 0.6 is 0 Å². The van der Waals surface area contributed by atoms with Crippen LogP contribution in [0.3, 0.4) is 0 Å². The number of carbonyl (C=O) groups is 1. The molecular weight excluding hydrogens is 176 g/mol. The van der Waals surface area contributed by atoms with Gasteiger partial charge >= 0.3 is 5.97 Å². The second-order valence-corrected chi connectivity index (χ2v) is 3.85. The Morgan fingerprint density at radius 2 is 2.29 bits per heavy atom. The zero-order chi connectivity index (χ0) is 10.2. The molecule has 1 rings (SSSR count). The van der Waals surface area contributed by atoms with Crippen LogP contribution in [0.1, 0.15) is 51.9 Å². The zero-order valence-electron chi connectivity index (χ0n) is 9.00. The lowest BCUT2D eigenvalue weighted by molar-refractivity contribution is -0.149. The third-order valence-electron chi connectivity index (χ3n) is 2.50. The van der Waals surface area contributed by atoms with E-state index in [1.54, 1.807) is 0 Å². The van der Waals surface area contributed by atoms with Crippen LogP contribution in [-0.2, 0) is 9.53 Å². The van der Waals surface area contributed by atoms with Crippen LogP contribution in [0.4, 0.5) is 0 Å². The fourth-order valence-corrected chi connectivity index (χ4v) is 1.64. The SMILES string of the molecule is CCCCCC(=O)OC1CC=CCC1. The van der Waals surface area contributed by atoms with E-state index in [1.165, 1.54) is 0 Å².